The maximum absolute atomic E-state index is 2.68. The van der Waals surface area contributed by atoms with Crippen LogP contribution in [0.5, 0.6) is 0 Å². The van der Waals surface area contributed by atoms with E-state index in [0.717, 1.165) is 0 Å². The van der Waals surface area contributed by atoms with Gasteiger partial charge < -0.3 is 9.80 Å². The summed E-state index contributed by atoms with van der Waals surface area (Å²) in [6.45, 7) is 28.5. The molecule has 5 aromatic carbocycles. The quantitative estimate of drug-likeness (QED) is 0.164. The number of fused-ring (bicyclic) bond motifs is 8. The van der Waals surface area contributed by atoms with Gasteiger partial charge in [0.15, 0.2) is 0 Å². The van der Waals surface area contributed by atoms with Crippen molar-refractivity contribution in [2.75, 3.05) is 9.80 Å². The van der Waals surface area contributed by atoms with Crippen LogP contribution >= 0.6 is 11.3 Å². The third-order valence-electron chi connectivity index (χ3n) is 13.0. The van der Waals surface area contributed by atoms with Crippen LogP contribution in [0.15, 0.2) is 91.0 Å². The first kappa shape index (κ1) is 35.4. The molecule has 6 aromatic rings. The zero-order valence-corrected chi connectivity index (χ0v) is 35.3. The zero-order chi connectivity index (χ0) is 38.3. The van der Waals surface area contributed by atoms with Crippen molar-refractivity contribution in [2.24, 2.45) is 0 Å². The van der Waals surface area contributed by atoms with E-state index in [1.165, 1.54) is 106 Å². The topological polar surface area (TPSA) is 6.48 Å². The average molecular weight is 727 g/mol. The molecular formula is C50H55BN2S. The first-order valence-electron chi connectivity index (χ1n) is 20.0. The van der Waals surface area contributed by atoms with E-state index in [9.17, 15) is 0 Å². The summed E-state index contributed by atoms with van der Waals surface area (Å²) >= 11 is 2.00. The van der Waals surface area contributed by atoms with Crippen LogP contribution in [0.2, 0.25) is 0 Å². The Morgan fingerprint density at radius 1 is 0.630 bits per heavy atom. The summed E-state index contributed by atoms with van der Waals surface area (Å²) in [5.74, 6) is 0. The van der Waals surface area contributed by atoms with Gasteiger partial charge in [0, 0.05) is 43.3 Å². The fourth-order valence-electron chi connectivity index (χ4n) is 9.79. The minimum absolute atomic E-state index is 0.0273. The van der Waals surface area contributed by atoms with Crippen molar-refractivity contribution in [1.29, 1.82) is 0 Å². The molecule has 0 saturated carbocycles. The van der Waals surface area contributed by atoms with E-state index in [2.05, 4.69) is 184 Å². The van der Waals surface area contributed by atoms with Crippen molar-refractivity contribution in [3.8, 4) is 0 Å². The molecule has 2 aliphatic heterocycles. The molecule has 274 valence electrons. The molecule has 54 heavy (non-hydrogen) atoms. The second-order valence-corrected chi connectivity index (χ2v) is 21.0. The fourth-order valence-corrected chi connectivity index (χ4v) is 11.1. The van der Waals surface area contributed by atoms with Crippen LogP contribution in [0.3, 0.4) is 0 Å². The van der Waals surface area contributed by atoms with Crippen LogP contribution < -0.4 is 25.5 Å². The number of nitrogens with zero attached hydrogens (tertiary/aromatic N) is 2. The monoisotopic (exact) mass is 726 g/mol. The molecule has 2 nitrogen and oxygen atoms in total. The van der Waals surface area contributed by atoms with Crippen molar-refractivity contribution < 1.29 is 0 Å². The van der Waals surface area contributed by atoms with Crippen LogP contribution in [-0.2, 0) is 21.7 Å². The van der Waals surface area contributed by atoms with Gasteiger partial charge in [-0.05, 0) is 129 Å². The molecule has 1 aromatic heterocycles. The van der Waals surface area contributed by atoms with Gasteiger partial charge in [0.1, 0.15) is 0 Å². The number of rotatable bonds is 2. The molecule has 3 heterocycles. The molecule has 9 rings (SSSR count). The predicted molar refractivity (Wildman–Crippen MR) is 238 cm³/mol. The molecule has 0 bridgehead atoms. The van der Waals surface area contributed by atoms with Crippen molar-refractivity contribution in [2.45, 2.75) is 118 Å². The van der Waals surface area contributed by atoms with Crippen LogP contribution in [0, 0.1) is 13.8 Å². The Morgan fingerprint density at radius 2 is 1.26 bits per heavy atom. The number of aryl methyl sites for hydroxylation is 2. The number of thiophene rings is 1. The lowest BCUT2D eigenvalue weighted by Gasteiger charge is -2.49. The third-order valence-corrected chi connectivity index (χ3v) is 14.2. The maximum Gasteiger partial charge on any atom is 0.264 e. The molecule has 0 amide bonds. The largest absolute Gasteiger partial charge is 0.311 e. The van der Waals surface area contributed by atoms with Gasteiger partial charge in [-0.15, -0.1) is 11.3 Å². The second-order valence-electron chi connectivity index (χ2n) is 19.9. The fraction of sp³-hybridized carbons (Fsp3) is 0.360. The second kappa shape index (κ2) is 11.6. The Balaban J connectivity index is 1.41. The molecule has 0 unspecified atom stereocenters. The highest BCUT2D eigenvalue weighted by Gasteiger charge is 2.49. The van der Waals surface area contributed by atoms with Crippen LogP contribution in [0.1, 0.15) is 115 Å². The molecule has 0 spiro atoms. The van der Waals surface area contributed by atoms with Crippen molar-refractivity contribution in [1.82, 2.24) is 0 Å². The molecule has 0 radical (unpaired) electrons. The van der Waals surface area contributed by atoms with Gasteiger partial charge in [-0.25, -0.2) is 0 Å². The van der Waals surface area contributed by atoms with Gasteiger partial charge in [0.2, 0.25) is 0 Å². The first-order valence-corrected chi connectivity index (χ1v) is 20.8. The van der Waals surface area contributed by atoms with Gasteiger partial charge in [-0.1, -0.05) is 124 Å². The molecule has 4 heteroatoms. The number of hydrogen-bond donors (Lipinski definition) is 0. The van der Waals surface area contributed by atoms with E-state index in [4.69, 9.17) is 0 Å². The van der Waals surface area contributed by atoms with E-state index < -0.39 is 0 Å². The summed E-state index contributed by atoms with van der Waals surface area (Å²) in [6.07, 6.45) is 2.36. The van der Waals surface area contributed by atoms with E-state index in [1.807, 2.05) is 11.3 Å². The van der Waals surface area contributed by atoms with Gasteiger partial charge in [0.05, 0.1) is 5.69 Å². The number of anilines is 6. The summed E-state index contributed by atoms with van der Waals surface area (Å²) in [4.78, 5) is 5.31. The summed E-state index contributed by atoms with van der Waals surface area (Å²) in [5.41, 5.74) is 19.4. The molecule has 1 aliphatic carbocycles. The SMILES string of the molecule is Cc1cc2c3c(c1)N(c1ccc(C(C)(C)C)cc1C)c1c(sc4ccccc14)B3c1ccc3c(c1N2c1ccc(C(C)(C)C)cc1)C(C)(C)CCC3(C)C. The van der Waals surface area contributed by atoms with Gasteiger partial charge in [0.25, 0.3) is 6.71 Å². The smallest absolute Gasteiger partial charge is 0.264 e. The highest BCUT2D eigenvalue weighted by Crippen LogP contribution is 2.54. The van der Waals surface area contributed by atoms with E-state index in [-0.39, 0.29) is 28.4 Å². The molecule has 0 N–H and O–H groups in total. The lowest BCUT2D eigenvalue weighted by atomic mass is 9.35. The molecular weight excluding hydrogens is 671 g/mol. The van der Waals surface area contributed by atoms with Gasteiger partial charge in [-0.2, -0.15) is 0 Å². The molecule has 3 aliphatic rings. The lowest BCUT2D eigenvalue weighted by Crippen LogP contribution is -2.61. The minimum atomic E-state index is 0.0273. The Hall–Kier alpha value is -4.28. The highest BCUT2D eigenvalue weighted by molar-refractivity contribution is 7.33. The van der Waals surface area contributed by atoms with E-state index >= 15 is 0 Å². The van der Waals surface area contributed by atoms with E-state index in [1.54, 1.807) is 0 Å². The first-order chi connectivity index (χ1) is 25.4. The van der Waals surface area contributed by atoms with Gasteiger partial charge in [-0.3, -0.25) is 0 Å². The number of benzene rings is 5. The van der Waals surface area contributed by atoms with E-state index in [0.29, 0.717) is 0 Å². The standard InChI is InChI=1S/C50H55BN2S/c1-30-27-39-43-40(28-30)53(38-24-19-33(29-31(38)2)48(6,7)8)44-35-15-13-14-16-41(35)54-46(44)51(43)37-23-22-36-42(50(11,12)26-25-49(36,9)10)45(37)52(39)34-20-17-32(18-21-34)47(3,4)5/h13-24,27-29H,25-26H2,1-12H3. The van der Waals surface area contributed by atoms with Crippen LogP contribution in [0.4, 0.5) is 34.1 Å². The molecule has 0 saturated heterocycles. The Bertz CT molecular complexity index is 2500. The predicted octanol–water partition coefficient (Wildman–Crippen LogP) is 12.5. The summed E-state index contributed by atoms with van der Waals surface area (Å²) < 4.78 is 2.80. The molecule has 0 atom stereocenters. The minimum Gasteiger partial charge on any atom is -0.311 e. The zero-order valence-electron chi connectivity index (χ0n) is 34.5. The van der Waals surface area contributed by atoms with Crippen LogP contribution in [-0.4, -0.2) is 6.71 Å². The summed E-state index contributed by atoms with van der Waals surface area (Å²) in [6, 6.07) is 35.8. The number of hydrogen-bond acceptors (Lipinski definition) is 3. The normalized spacial score (nSPS) is 16.9. The Morgan fingerprint density at radius 3 is 1.93 bits per heavy atom. The maximum atomic E-state index is 2.68. The highest BCUT2D eigenvalue weighted by atomic mass is 32.1. The van der Waals surface area contributed by atoms with Gasteiger partial charge >= 0.3 is 0 Å². The van der Waals surface area contributed by atoms with Crippen molar-refractivity contribution in [3.63, 3.8) is 0 Å². The summed E-state index contributed by atoms with van der Waals surface area (Å²) in [5, 5.41) is 1.34. The van der Waals surface area contributed by atoms with Crippen molar-refractivity contribution in [3.05, 3.63) is 124 Å². The third kappa shape index (κ3) is 5.19. The Kier molecular flexibility index (Phi) is 7.62. The van der Waals surface area contributed by atoms with Crippen molar-refractivity contribution >= 4 is 78.0 Å². The lowest BCUT2D eigenvalue weighted by molar-refractivity contribution is 0.333. The average Bonchev–Trinajstić information content (AvgIpc) is 3.48. The molecule has 0 fully saturated rings. The van der Waals surface area contributed by atoms with Crippen LogP contribution in [0.25, 0.3) is 10.1 Å². The Labute approximate surface area is 328 Å². The summed E-state index contributed by atoms with van der Waals surface area (Å²) in [7, 11) is 0.